The summed E-state index contributed by atoms with van der Waals surface area (Å²) < 4.78 is 5.80. The van der Waals surface area contributed by atoms with Gasteiger partial charge in [0.05, 0.1) is 5.75 Å². The quantitative estimate of drug-likeness (QED) is 0.250. The van der Waals surface area contributed by atoms with E-state index in [2.05, 4.69) is 15.6 Å². The topological polar surface area (TPSA) is 67.2 Å². The van der Waals surface area contributed by atoms with E-state index in [1.807, 2.05) is 36.4 Å². The van der Waals surface area contributed by atoms with Crippen molar-refractivity contribution in [3.05, 3.63) is 76.8 Å². The van der Waals surface area contributed by atoms with Crippen molar-refractivity contribution in [2.75, 3.05) is 11.1 Å². The van der Waals surface area contributed by atoms with Gasteiger partial charge in [-0.1, -0.05) is 29.3 Å². The van der Waals surface area contributed by atoms with Gasteiger partial charge in [0.1, 0.15) is 5.52 Å². The summed E-state index contributed by atoms with van der Waals surface area (Å²) in [7, 11) is 0. The number of carbonyl (C=O) groups is 1. The molecule has 1 amide bonds. The van der Waals surface area contributed by atoms with Crippen LogP contribution in [0.5, 0.6) is 0 Å². The number of benzene rings is 3. The number of aromatic nitrogens is 1. The van der Waals surface area contributed by atoms with Crippen LogP contribution in [0.4, 0.5) is 5.69 Å². The fourth-order valence-electron chi connectivity index (χ4n) is 2.76. The summed E-state index contributed by atoms with van der Waals surface area (Å²) >= 11 is 18.5. The van der Waals surface area contributed by atoms with Crippen LogP contribution in [0.25, 0.3) is 22.6 Å². The number of fused-ring (bicyclic) bond motifs is 1. The third kappa shape index (κ3) is 5.77. The number of thioether (sulfide) groups is 1. The number of hydrogen-bond donors (Lipinski definition) is 2. The molecule has 0 unspecified atom stereocenters. The summed E-state index contributed by atoms with van der Waals surface area (Å²) in [5.41, 5.74) is 2.80. The zero-order chi connectivity index (χ0) is 21.8. The number of anilines is 1. The van der Waals surface area contributed by atoms with Crippen LogP contribution in [0.15, 0.2) is 76.0 Å². The molecule has 4 rings (SSSR count). The second-order valence-electron chi connectivity index (χ2n) is 6.46. The maximum absolute atomic E-state index is 12.2. The number of thiocarbonyl (C=S) groups is 1. The van der Waals surface area contributed by atoms with Gasteiger partial charge in [0.25, 0.3) is 0 Å². The lowest BCUT2D eigenvalue weighted by Crippen LogP contribution is -2.35. The fraction of sp³-hybridized carbons (Fsp3) is 0.0455. The highest BCUT2D eigenvalue weighted by Crippen LogP contribution is 2.27. The van der Waals surface area contributed by atoms with Crippen molar-refractivity contribution in [3.8, 4) is 11.5 Å². The molecular formula is C22H15Cl2N3O2S2. The highest BCUT2D eigenvalue weighted by Gasteiger charge is 2.11. The molecule has 0 spiro atoms. The Morgan fingerprint density at radius 2 is 1.81 bits per heavy atom. The molecule has 3 aromatic carbocycles. The lowest BCUT2D eigenvalue weighted by Gasteiger charge is -2.10. The lowest BCUT2D eigenvalue weighted by atomic mass is 10.2. The molecule has 0 saturated heterocycles. The number of nitrogens with zero attached hydrogens (tertiary/aromatic N) is 1. The van der Waals surface area contributed by atoms with Crippen LogP contribution in [-0.4, -0.2) is 21.8 Å². The van der Waals surface area contributed by atoms with Crippen molar-refractivity contribution in [2.24, 2.45) is 0 Å². The number of halogens is 2. The van der Waals surface area contributed by atoms with Crippen LogP contribution in [0.3, 0.4) is 0 Å². The molecule has 0 fully saturated rings. The van der Waals surface area contributed by atoms with Crippen molar-refractivity contribution in [2.45, 2.75) is 4.90 Å². The van der Waals surface area contributed by atoms with E-state index in [-0.39, 0.29) is 16.8 Å². The second kappa shape index (κ2) is 9.70. The number of rotatable bonds is 5. The second-order valence-corrected chi connectivity index (χ2v) is 8.79. The molecule has 9 heteroatoms. The summed E-state index contributed by atoms with van der Waals surface area (Å²) in [6, 6.07) is 20.0. The third-order valence-corrected chi connectivity index (χ3v) is 5.86. The molecule has 0 aliphatic carbocycles. The largest absolute Gasteiger partial charge is 0.436 e. The summed E-state index contributed by atoms with van der Waals surface area (Å²) in [5, 5.41) is 7.15. The summed E-state index contributed by atoms with van der Waals surface area (Å²) in [6.45, 7) is 0. The monoisotopic (exact) mass is 487 g/mol. The standard InChI is InChI=1S/C22H15Cl2N3O2S2/c23-14-4-7-17(8-5-14)31-12-20(28)27-22(30)25-16-3-1-2-13(10-16)21-26-18-11-15(24)6-9-19(18)29-21/h1-11H,12H2,(H2,25,27,28,30). The molecule has 0 saturated carbocycles. The molecule has 0 aliphatic heterocycles. The maximum atomic E-state index is 12.2. The van der Waals surface area contributed by atoms with Crippen molar-refractivity contribution in [1.82, 2.24) is 10.3 Å². The Kier molecular flexibility index (Phi) is 6.77. The molecule has 0 radical (unpaired) electrons. The van der Waals surface area contributed by atoms with E-state index in [0.717, 1.165) is 10.5 Å². The highest BCUT2D eigenvalue weighted by atomic mass is 35.5. The Morgan fingerprint density at radius 3 is 2.61 bits per heavy atom. The summed E-state index contributed by atoms with van der Waals surface area (Å²) in [5.74, 6) is 0.495. The SMILES string of the molecule is O=C(CSc1ccc(Cl)cc1)NC(=S)Nc1cccc(-c2nc3cc(Cl)ccc3o2)c1. The molecule has 0 atom stereocenters. The molecular weight excluding hydrogens is 473 g/mol. The predicted octanol–water partition coefficient (Wildman–Crippen LogP) is 6.41. The van der Waals surface area contributed by atoms with Crippen molar-refractivity contribution < 1.29 is 9.21 Å². The van der Waals surface area contributed by atoms with Gasteiger partial charge >= 0.3 is 0 Å². The normalized spacial score (nSPS) is 10.8. The van der Waals surface area contributed by atoms with Crippen LogP contribution in [-0.2, 0) is 4.79 Å². The van der Waals surface area contributed by atoms with E-state index in [4.69, 9.17) is 39.8 Å². The average molecular weight is 488 g/mol. The van der Waals surface area contributed by atoms with Crippen LogP contribution in [0.1, 0.15) is 0 Å². The van der Waals surface area contributed by atoms with Crippen LogP contribution in [0.2, 0.25) is 10.0 Å². The molecule has 1 aromatic heterocycles. The third-order valence-electron chi connectivity index (χ3n) is 4.15. The Balaban J connectivity index is 1.37. The summed E-state index contributed by atoms with van der Waals surface area (Å²) in [6.07, 6.45) is 0. The molecule has 2 N–H and O–H groups in total. The van der Waals surface area contributed by atoms with Crippen molar-refractivity contribution in [3.63, 3.8) is 0 Å². The Morgan fingerprint density at radius 1 is 1.03 bits per heavy atom. The van der Waals surface area contributed by atoms with Gasteiger partial charge < -0.3 is 15.1 Å². The van der Waals surface area contributed by atoms with E-state index in [1.54, 1.807) is 30.3 Å². The average Bonchev–Trinajstić information content (AvgIpc) is 3.17. The van der Waals surface area contributed by atoms with Gasteiger partial charge in [-0.2, -0.15) is 0 Å². The molecule has 5 nitrogen and oxygen atoms in total. The first kappa shape index (κ1) is 21.6. The Labute approximate surface area is 198 Å². The Bertz CT molecular complexity index is 1260. The van der Waals surface area contributed by atoms with Gasteiger partial charge in [0.2, 0.25) is 11.8 Å². The van der Waals surface area contributed by atoms with Gasteiger partial charge in [-0.05, 0) is 72.9 Å². The van der Waals surface area contributed by atoms with Gasteiger partial charge in [-0.15, -0.1) is 11.8 Å². The minimum atomic E-state index is -0.204. The first-order chi connectivity index (χ1) is 15.0. The number of hydrogen-bond acceptors (Lipinski definition) is 5. The van der Waals surface area contributed by atoms with E-state index < -0.39 is 0 Å². The predicted molar refractivity (Wildman–Crippen MR) is 131 cm³/mol. The maximum Gasteiger partial charge on any atom is 0.236 e. The zero-order valence-corrected chi connectivity index (χ0v) is 19.0. The van der Waals surface area contributed by atoms with Crippen molar-refractivity contribution in [1.29, 1.82) is 0 Å². The fourth-order valence-corrected chi connectivity index (χ4v) is 3.98. The summed E-state index contributed by atoms with van der Waals surface area (Å²) in [4.78, 5) is 17.6. The Hall–Kier alpha value is -2.58. The number of amides is 1. The van der Waals surface area contributed by atoms with Gasteiger partial charge in [0.15, 0.2) is 10.7 Å². The zero-order valence-electron chi connectivity index (χ0n) is 15.9. The molecule has 1 heterocycles. The van der Waals surface area contributed by atoms with Gasteiger partial charge in [-0.3, -0.25) is 4.79 Å². The molecule has 0 aliphatic rings. The van der Waals surface area contributed by atoms with E-state index in [0.29, 0.717) is 32.7 Å². The van der Waals surface area contributed by atoms with E-state index in [1.165, 1.54) is 11.8 Å². The van der Waals surface area contributed by atoms with Crippen LogP contribution >= 0.6 is 47.2 Å². The van der Waals surface area contributed by atoms with Crippen molar-refractivity contribution >= 4 is 75.0 Å². The minimum absolute atomic E-state index is 0.204. The molecule has 156 valence electrons. The molecule has 31 heavy (non-hydrogen) atoms. The van der Waals surface area contributed by atoms with Crippen LogP contribution in [0, 0.1) is 0 Å². The van der Waals surface area contributed by atoms with Gasteiger partial charge in [-0.25, -0.2) is 4.98 Å². The number of carbonyl (C=O) groups excluding carboxylic acids is 1. The highest BCUT2D eigenvalue weighted by molar-refractivity contribution is 8.00. The van der Waals surface area contributed by atoms with E-state index in [9.17, 15) is 4.79 Å². The lowest BCUT2D eigenvalue weighted by molar-refractivity contribution is -0.117. The van der Waals surface area contributed by atoms with E-state index >= 15 is 0 Å². The molecule has 4 aromatic rings. The minimum Gasteiger partial charge on any atom is -0.436 e. The number of nitrogens with one attached hydrogen (secondary N) is 2. The van der Waals surface area contributed by atoms with Gasteiger partial charge in [0, 0.05) is 26.2 Å². The first-order valence-electron chi connectivity index (χ1n) is 9.12. The first-order valence-corrected chi connectivity index (χ1v) is 11.3. The smallest absolute Gasteiger partial charge is 0.236 e. The number of oxazole rings is 1. The van der Waals surface area contributed by atoms with Crippen LogP contribution < -0.4 is 10.6 Å². The molecule has 0 bridgehead atoms.